The summed E-state index contributed by atoms with van der Waals surface area (Å²) in [6.45, 7) is 3.21. The molecule has 0 aromatic heterocycles. The molecular weight excluding hydrogens is 302 g/mol. The summed E-state index contributed by atoms with van der Waals surface area (Å²) < 4.78 is 0. The fourth-order valence-electron chi connectivity index (χ4n) is 3.46. The van der Waals surface area contributed by atoms with Gasteiger partial charge in [-0.05, 0) is 60.4 Å². The van der Waals surface area contributed by atoms with Gasteiger partial charge in [0.1, 0.15) is 0 Å². The average molecular weight is 321 g/mol. The molecule has 2 aromatic rings. The molecule has 2 heterocycles. The number of hydrogen-bond donors (Lipinski definition) is 2. The molecule has 0 saturated carbocycles. The number of anilines is 3. The van der Waals surface area contributed by atoms with Crippen molar-refractivity contribution in [2.24, 2.45) is 0 Å². The lowest BCUT2D eigenvalue weighted by Crippen LogP contribution is -2.25. The summed E-state index contributed by atoms with van der Waals surface area (Å²) in [6.07, 6.45) is 1.78. The lowest BCUT2D eigenvalue weighted by Gasteiger charge is -2.15. The van der Waals surface area contributed by atoms with E-state index in [1.807, 2.05) is 36.4 Å². The van der Waals surface area contributed by atoms with Crippen LogP contribution in [0.3, 0.4) is 0 Å². The summed E-state index contributed by atoms with van der Waals surface area (Å²) in [5, 5.41) is 6.25. The van der Waals surface area contributed by atoms with Crippen molar-refractivity contribution in [2.45, 2.75) is 19.8 Å². The first-order valence-electron chi connectivity index (χ1n) is 8.21. The molecule has 0 spiro atoms. The molecule has 2 amide bonds. The summed E-state index contributed by atoms with van der Waals surface area (Å²) in [6, 6.07) is 11.5. The van der Waals surface area contributed by atoms with Gasteiger partial charge in [-0.15, -0.1) is 0 Å². The monoisotopic (exact) mass is 321 g/mol. The van der Waals surface area contributed by atoms with E-state index in [4.69, 9.17) is 0 Å². The maximum atomic E-state index is 12.5. The standard InChI is InChI=1S/C19H19N3O2/c1-12(23)22-9-7-14-11-16(3-5-18(14)22)21-19(24)15-2-4-17-13(10-15)6-8-20-17/h2-5,10-11,20H,6-9H2,1H3,(H,21,24). The normalized spacial score (nSPS) is 14.8. The molecule has 0 saturated heterocycles. The van der Waals surface area contributed by atoms with Crippen molar-refractivity contribution >= 4 is 28.9 Å². The Morgan fingerprint density at radius 2 is 1.96 bits per heavy atom. The highest BCUT2D eigenvalue weighted by Gasteiger charge is 2.22. The molecule has 2 N–H and O–H groups in total. The van der Waals surface area contributed by atoms with Crippen LogP contribution in [-0.4, -0.2) is 24.9 Å². The number of benzene rings is 2. The first-order chi connectivity index (χ1) is 11.6. The molecular formula is C19H19N3O2. The topological polar surface area (TPSA) is 61.4 Å². The lowest BCUT2D eigenvalue weighted by atomic mass is 10.1. The number of fused-ring (bicyclic) bond motifs is 2. The van der Waals surface area contributed by atoms with Crippen LogP contribution in [0.5, 0.6) is 0 Å². The fourth-order valence-corrected chi connectivity index (χ4v) is 3.46. The van der Waals surface area contributed by atoms with Gasteiger partial charge < -0.3 is 15.5 Å². The third-order valence-electron chi connectivity index (χ3n) is 4.69. The largest absolute Gasteiger partial charge is 0.384 e. The highest BCUT2D eigenvalue weighted by Crippen LogP contribution is 2.31. The highest BCUT2D eigenvalue weighted by atomic mass is 16.2. The zero-order valence-corrected chi connectivity index (χ0v) is 13.6. The summed E-state index contributed by atoms with van der Waals surface area (Å²) >= 11 is 0. The second-order valence-electron chi connectivity index (χ2n) is 6.27. The van der Waals surface area contributed by atoms with Gasteiger partial charge >= 0.3 is 0 Å². The van der Waals surface area contributed by atoms with Gasteiger partial charge in [0.25, 0.3) is 5.91 Å². The number of amides is 2. The van der Waals surface area contributed by atoms with Crippen LogP contribution in [-0.2, 0) is 17.6 Å². The number of hydrogen-bond acceptors (Lipinski definition) is 3. The summed E-state index contributed by atoms with van der Waals surface area (Å²) in [7, 11) is 0. The molecule has 24 heavy (non-hydrogen) atoms. The maximum Gasteiger partial charge on any atom is 0.255 e. The molecule has 4 rings (SSSR count). The molecule has 2 aromatic carbocycles. The first kappa shape index (κ1) is 14.8. The van der Waals surface area contributed by atoms with Gasteiger partial charge in [0.15, 0.2) is 0 Å². The second-order valence-corrected chi connectivity index (χ2v) is 6.27. The van der Waals surface area contributed by atoms with E-state index >= 15 is 0 Å². The minimum atomic E-state index is -0.105. The van der Waals surface area contributed by atoms with Gasteiger partial charge in [-0.25, -0.2) is 0 Å². The van der Waals surface area contributed by atoms with E-state index < -0.39 is 0 Å². The summed E-state index contributed by atoms with van der Waals surface area (Å²) in [4.78, 5) is 25.9. The predicted octanol–water partition coefficient (Wildman–Crippen LogP) is 2.82. The van der Waals surface area contributed by atoms with Crippen molar-refractivity contribution < 1.29 is 9.59 Å². The number of nitrogens with one attached hydrogen (secondary N) is 2. The first-order valence-corrected chi connectivity index (χ1v) is 8.21. The van der Waals surface area contributed by atoms with Crippen LogP contribution >= 0.6 is 0 Å². The number of carbonyl (C=O) groups excluding carboxylic acids is 2. The van der Waals surface area contributed by atoms with Crippen molar-refractivity contribution in [3.63, 3.8) is 0 Å². The Morgan fingerprint density at radius 3 is 2.79 bits per heavy atom. The van der Waals surface area contributed by atoms with Crippen LogP contribution in [0.2, 0.25) is 0 Å². The van der Waals surface area contributed by atoms with E-state index in [1.54, 1.807) is 11.8 Å². The van der Waals surface area contributed by atoms with Gasteiger partial charge in [-0.3, -0.25) is 9.59 Å². The SMILES string of the molecule is CC(=O)N1CCc2cc(NC(=O)c3ccc4c(c3)CCN4)ccc21. The lowest BCUT2D eigenvalue weighted by molar-refractivity contribution is -0.116. The fraction of sp³-hybridized carbons (Fsp3) is 0.263. The van der Waals surface area contributed by atoms with E-state index in [0.29, 0.717) is 12.1 Å². The van der Waals surface area contributed by atoms with E-state index in [-0.39, 0.29) is 11.8 Å². The van der Waals surface area contributed by atoms with Crippen molar-refractivity contribution in [3.05, 3.63) is 53.1 Å². The molecule has 0 radical (unpaired) electrons. The Labute approximate surface area is 140 Å². The molecule has 0 fully saturated rings. The average Bonchev–Trinajstić information content (AvgIpc) is 3.20. The van der Waals surface area contributed by atoms with E-state index in [1.165, 1.54) is 5.56 Å². The van der Waals surface area contributed by atoms with Crippen LogP contribution in [0.1, 0.15) is 28.4 Å². The van der Waals surface area contributed by atoms with E-state index in [9.17, 15) is 9.59 Å². The molecule has 0 unspecified atom stereocenters. The zero-order valence-electron chi connectivity index (χ0n) is 13.6. The Morgan fingerprint density at radius 1 is 1.08 bits per heavy atom. The van der Waals surface area contributed by atoms with Crippen molar-refractivity contribution in [1.29, 1.82) is 0 Å². The smallest absolute Gasteiger partial charge is 0.255 e. The van der Waals surface area contributed by atoms with Crippen molar-refractivity contribution in [1.82, 2.24) is 0 Å². The van der Waals surface area contributed by atoms with Crippen LogP contribution in [0.4, 0.5) is 17.1 Å². The van der Waals surface area contributed by atoms with Crippen molar-refractivity contribution in [2.75, 3.05) is 28.6 Å². The van der Waals surface area contributed by atoms with Crippen LogP contribution in [0.25, 0.3) is 0 Å². The molecule has 122 valence electrons. The van der Waals surface area contributed by atoms with Gasteiger partial charge in [0.05, 0.1) is 0 Å². The van der Waals surface area contributed by atoms with Crippen LogP contribution in [0, 0.1) is 0 Å². The Kier molecular flexibility index (Phi) is 3.49. The molecule has 0 atom stereocenters. The molecule has 0 bridgehead atoms. The third kappa shape index (κ3) is 2.52. The third-order valence-corrected chi connectivity index (χ3v) is 4.69. The molecule has 5 heteroatoms. The number of rotatable bonds is 2. The predicted molar refractivity (Wildman–Crippen MR) is 94.8 cm³/mol. The van der Waals surface area contributed by atoms with Gasteiger partial charge in [-0.2, -0.15) is 0 Å². The second kappa shape index (κ2) is 5.67. The Bertz CT molecular complexity index is 845. The van der Waals surface area contributed by atoms with Gasteiger partial charge in [0, 0.05) is 42.6 Å². The van der Waals surface area contributed by atoms with E-state index in [2.05, 4.69) is 10.6 Å². The van der Waals surface area contributed by atoms with Gasteiger partial charge in [0.2, 0.25) is 5.91 Å². The Balaban J connectivity index is 1.54. The molecule has 2 aliphatic heterocycles. The zero-order chi connectivity index (χ0) is 16.7. The number of nitrogens with zero attached hydrogens (tertiary/aromatic N) is 1. The highest BCUT2D eigenvalue weighted by molar-refractivity contribution is 6.05. The number of carbonyl (C=O) groups is 2. The maximum absolute atomic E-state index is 12.5. The van der Waals surface area contributed by atoms with Crippen LogP contribution in [0.15, 0.2) is 36.4 Å². The minimum Gasteiger partial charge on any atom is -0.384 e. The van der Waals surface area contributed by atoms with E-state index in [0.717, 1.165) is 42.0 Å². The Hall–Kier alpha value is -2.82. The summed E-state index contributed by atoms with van der Waals surface area (Å²) in [5.74, 6) is -0.0524. The summed E-state index contributed by atoms with van der Waals surface area (Å²) in [5.41, 5.74) is 5.79. The molecule has 0 aliphatic carbocycles. The minimum absolute atomic E-state index is 0.0530. The van der Waals surface area contributed by atoms with Crippen LogP contribution < -0.4 is 15.5 Å². The molecule has 2 aliphatic rings. The molecule has 5 nitrogen and oxygen atoms in total. The van der Waals surface area contributed by atoms with Gasteiger partial charge in [-0.1, -0.05) is 0 Å². The van der Waals surface area contributed by atoms with Crippen molar-refractivity contribution in [3.8, 4) is 0 Å². The quantitative estimate of drug-likeness (QED) is 0.894.